The van der Waals surface area contributed by atoms with E-state index in [2.05, 4.69) is 26.1 Å². The number of hydrogen-bond acceptors (Lipinski definition) is 5. The fourth-order valence-electron chi connectivity index (χ4n) is 2.56. The lowest BCUT2D eigenvalue weighted by Gasteiger charge is -2.22. The van der Waals surface area contributed by atoms with Crippen LogP contribution in [0.5, 0.6) is 0 Å². The number of carbonyl (C=O) groups excluding carboxylic acids is 2. The van der Waals surface area contributed by atoms with Crippen molar-refractivity contribution in [3.05, 3.63) is 52.8 Å². The Hall–Kier alpha value is -2.96. The van der Waals surface area contributed by atoms with Crippen LogP contribution in [0, 0.1) is 26.7 Å². The van der Waals surface area contributed by atoms with E-state index in [0.717, 1.165) is 17.0 Å². The van der Waals surface area contributed by atoms with Crippen LogP contribution in [0.2, 0.25) is 0 Å². The summed E-state index contributed by atoms with van der Waals surface area (Å²) in [6.07, 6.45) is 0. The van der Waals surface area contributed by atoms with Crippen molar-refractivity contribution in [3.63, 3.8) is 0 Å². The molecule has 2 aromatic rings. The number of nitrogens with one attached hydrogen (secondary N) is 3. The molecule has 0 radical (unpaired) electrons. The summed E-state index contributed by atoms with van der Waals surface area (Å²) in [5.74, 6) is -0.419. The van der Waals surface area contributed by atoms with Crippen LogP contribution in [-0.2, 0) is 4.79 Å². The third kappa shape index (κ3) is 5.02. The summed E-state index contributed by atoms with van der Waals surface area (Å²) in [6.45, 7) is 9.30. The molecule has 1 unspecified atom stereocenters. The number of nitrogens with zero attached hydrogens (tertiary/aromatic N) is 2. The van der Waals surface area contributed by atoms with Gasteiger partial charge in [0.1, 0.15) is 6.04 Å². The first-order valence-electron chi connectivity index (χ1n) is 8.52. The van der Waals surface area contributed by atoms with Gasteiger partial charge in [-0.05, 0) is 44.4 Å². The van der Waals surface area contributed by atoms with Crippen LogP contribution in [0.15, 0.2) is 30.3 Å². The van der Waals surface area contributed by atoms with Crippen molar-refractivity contribution in [2.24, 2.45) is 5.92 Å². The Morgan fingerprint density at radius 2 is 1.62 bits per heavy atom. The summed E-state index contributed by atoms with van der Waals surface area (Å²) in [4.78, 5) is 33.5. The number of hydrazine groups is 1. The molecule has 0 saturated heterocycles. The predicted octanol–water partition coefficient (Wildman–Crippen LogP) is 2.30. The first-order valence-corrected chi connectivity index (χ1v) is 8.52. The van der Waals surface area contributed by atoms with E-state index in [1.807, 2.05) is 52.8 Å². The van der Waals surface area contributed by atoms with Gasteiger partial charge in [-0.15, -0.1) is 0 Å². The average molecular weight is 355 g/mol. The molecule has 2 rings (SSSR count). The van der Waals surface area contributed by atoms with E-state index in [1.165, 1.54) is 0 Å². The minimum absolute atomic E-state index is 0.0927. The first kappa shape index (κ1) is 19.4. The Labute approximate surface area is 153 Å². The number of hydrogen-bond donors (Lipinski definition) is 3. The van der Waals surface area contributed by atoms with Crippen LogP contribution >= 0.6 is 0 Å². The second kappa shape index (κ2) is 8.42. The van der Waals surface area contributed by atoms with Gasteiger partial charge >= 0.3 is 0 Å². The maximum absolute atomic E-state index is 12.5. The van der Waals surface area contributed by atoms with Gasteiger partial charge in [-0.25, -0.2) is 9.97 Å². The molecule has 26 heavy (non-hydrogen) atoms. The monoisotopic (exact) mass is 355 g/mol. The maximum atomic E-state index is 12.5. The van der Waals surface area contributed by atoms with E-state index >= 15 is 0 Å². The third-order valence-electron chi connectivity index (χ3n) is 3.91. The lowest BCUT2D eigenvalue weighted by atomic mass is 10.0. The van der Waals surface area contributed by atoms with Gasteiger partial charge < -0.3 is 5.32 Å². The minimum Gasteiger partial charge on any atom is -0.340 e. The van der Waals surface area contributed by atoms with Crippen LogP contribution in [0.25, 0.3) is 0 Å². The summed E-state index contributed by atoms with van der Waals surface area (Å²) in [5, 5.41) is 2.80. The fraction of sp³-hybridized carbons (Fsp3) is 0.368. The van der Waals surface area contributed by atoms with Gasteiger partial charge in [0.2, 0.25) is 5.95 Å². The number of amides is 2. The van der Waals surface area contributed by atoms with Crippen molar-refractivity contribution < 1.29 is 9.59 Å². The van der Waals surface area contributed by atoms with Crippen molar-refractivity contribution in [3.8, 4) is 0 Å². The predicted molar refractivity (Wildman–Crippen MR) is 101 cm³/mol. The van der Waals surface area contributed by atoms with Gasteiger partial charge in [0, 0.05) is 17.0 Å². The fourth-order valence-corrected chi connectivity index (χ4v) is 2.56. The van der Waals surface area contributed by atoms with Gasteiger partial charge in [-0.1, -0.05) is 32.0 Å². The molecule has 2 amide bonds. The highest BCUT2D eigenvalue weighted by Gasteiger charge is 2.25. The molecule has 3 N–H and O–H groups in total. The van der Waals surface area contributed by atoms with E-state index in [1.54, 1.807) is 12.1 Å². The smallest absolute Gasteiger partial charge is 0.261 e. The van der Waals surface area contributed by atoms with Crippen LogP contribution in [-0.4, -0.2) is 27.8 Å². The summed E-state index contributed by atoms with van der Waals surface area (Å²) in [7, 11) is 0. The molecular formula is C19H25N5O2. The molecule has 0 aliphatic heterocycles. The normalized spacial score (nSPS) is 11.8. The summed E-state index contributed by atoms with van der Waals surface area (Å²) in [6, 6.07) is 8.41. The highest BCUT2D eigenvalue weighted by atomic mass is 16.2. The molecule has 1 aromatic heterocycles. The highest BCUT2D eigenvalue weighted by molar-refractivity contribution is 5.98. The molecule has 1 aromatic carbocycles. The Morgan fingerprint density at radius 1 is 1.00 bits per heavy atom. The van der Waals surface area contributed by atoms with E-state index in [-0.39, 0.29) is 17.7 Å². The Bertz CT molecular complexity index is 784. The molecule has 7 heteroatoms. The molecule has 7 nitrogen and oxygen atoms in total. The average Bonchev–Trinajstić information content (AvgIpc) is 2.56. The maximum Gasteiger partial charge on any atom is 0.261 e. The lowest BCUT2D eigenvalue weighted by molar-refractivity contribution is -0.123. The van der Waals surface area contributed by atoms with Crippen molar-refractivity contribution in [2.75, 3.05) is 5.43 Å². The largest absolute Gasteiger partial charge is 0.340 e. The van der Waals surface area contributed by atoms with Crippen molar-refractivity contribution in [1.82, 2.24) is 20.7 Å². The molecule has 0 bridgehead atoms. The molecule has 0 saturated carbocycles. The second-order valence-corrected chi connectivity index (χ2v) is 6.60. The van der Waals surface area contributed by atoms with Crippen LogP contribution in [0.3, 0.4) is 0 Å². The zero-order valence-corrected chi connectivity index (χ0v) is 15.8. The van der Waals surface area contributed by atoms with Gasteiger partial charge in [0.05, 0.1) is 0 Å². The quantitative estimate of drug-likeness (QED) is 0.691. The molecule has 0 spiro atoms. The number of aryl methyl sites for hydroxylation is 3. The van der Waals surface area contributed by atoms with E-state index in [4.69, 9.17) is 0 Å². The zero-order chi connectivity index (χ0) is 19.3. The summed E-state index contributed by atoms with van der Waals surface area (Å²) < 4.78 is 0. The second-order valence-electron chi connectivity index (χ2n) is 6.60. The van der Waals surface area contributed by atoms with Crippen molar-refractivity contribution >= 4 is 17.8 Å². The Balaban J connectivity index is 2.05. The van der Waals surface area contributed by atoms with Crippen molar-refractivity contribution in [1.29, 1.82) is 0 Å². The number of anilines is 1. The van der Waals surface area contributed by atoms with Gasteiger partial charge in [0.25, 0.3) is 11.8 Å². The number of benzene rings is 1. The minimum atomic E-state index is -0.694. The topological polar surface area (TPSA) is 96.0 Å². The Morgan fingerprint density at radius 3 is 2.19 bits per heavy atom. The summed E-state index contributed by atoms with van der Waals surface area (Å²) in [5.41, 5.74) is 8.29. The van der Waals surface area contributed by atoms with E-state index in [9.17, 15) is 9.59 Å². The molecular weight excluding hydrogens is 330 g/mol. The van der Waals surface area contributed by atoms with Crippen LogP contribution in [0.1, 0.15) is 41.2 Å². The SMILES string of the molecule is Cc1cc(C)nc(NNC(=O)C(NC(=O)c2ccccc2C)C(C)C)n1. The lowest BCUT2D eigenvalue weighted by Crippen LogP contribution is -2.51. The number of rotatable bonds is 6. The molecule has 1 heterocycles. The first-order chi connectivity index (χ1) is 12.3. The van der Waals surface area contributed by atoms with E-state index < -0.39 is 6.04 Å². The van der Waals surface area contributed by atoms with Crippen molar-refractivity contribution in [2.45, 2.75) is 40.7 Å². The third-order valence-corrected chi connectivity index (χ3v) is 3.91. The Kier molecular flexibility index (Phi) is 6.27. The molecule has 0 aliphatic rings. The molecule has 0 fully saturated rings. The summed E-state index contributed by atoms with van der Waals surface area (Å²) >= 11 is 0. The van der Waals surface area contributed by atoms with E-state index in [0.29, 0.717) is 11.5 Å². The number of aromatic nitrogens is 2. The number of carbonyl (C=O) groups is 2. The highest BCUT2D eigenvalue weighted by Crippen LogP contribution is 2.09. The van der Waals surface area contributed by atoms with Gasteiger partial charge in [-0.3, -0.25) is 20.4 Å². The standard InChI is InChI=1S/C19H25N5O2/c1-11(2)16(22-17(25)15-9-7-6-8-12(15)3)18(26)23-24-19-20-13(4)10-14(5)21-19/h6-11,16H,1-5H3,(H,22,25)(H,23,26)(H,20,21,24). The zero-order valence-electron chi connectivity index (χ0n) is 15.8. The van der Waals surface area contributed by atoms with Gasteiger partial charge in [0.15, 0.2) is 0 Å². The van der Waals surface area contributed by atoms with Gasteiger partial charge in [-0.2, -0.15) is 0 Å². The molecule has 1 atom stereocenters. The molecule has 0 aliphatic carbocycles. The molecule has 138 valence electrons. The van der Waals surface area contributed by atoms with Crippen LogP contribution < -0.4 is 16.2 Å². The van der Waals surface area contributed by atoms with Crippen LogP contribution in [0.4, 0.5) is 5.95 Å².